The van der Waals surface area contributed by atoms with Crippen molar-refractivity contribution in [2.45, 2.75) is 82.0 Å². The predicted octanol–water partition coefficient (Wildman–Crippen LogP) is 1.65. The third kappa shape index (κ3) is 1.95. The van der Waals surface area contributed by atoms with Crippen molar-refractivity contribution in [3.05, 3.63) is 0 Å². The normalized spacial score (nSPS) is 52.0. The van der Waals surface area contributed by atoms with Crippen molar-refractivity contribution in [3.63, 3.8) is 0 Å². The van der Waals surface area contributed by atoms with Crippen LogP contribution >= 0.6 is 0 Å². The Balaban J connectivity index is 1.51. The van der Waals surface area contributed by atoms with Crippen molar-refractivity contribution >= 4 is 11.7 Å². The van der Waals surface area contributed by atoms with E-state index in [1.54, 1.807) is 0 Å². The van der Waals surface area contributed by atoms with Gasteiger partial charge in [-0.05, 0) is 70.1 Å². The third-order valence-electron chi connectivity index (χ3n) is 7.26. The molecule has 1 saturated heterocycles. The molecule has 5 saturated carbocycles. The number of rotatable bonds is 2. The summed E-state index contributed by atoms with van der Waals surface area (Å²) in [6.45, 7) is 1.97. The van der Waals surface area contributed by atoms with Crippen LogP contribution in [0.1, 0.15) is 58.3 Å². The Labute approximate surface area is 137 Å². The number of carbonyl (C=O) groups excluding carboxylic acids is 1. The van der Waals surface area contributed by atoms with Gasteiger partial charge < -0.3 is 15.3 Å². The number of hydrogen-bond donors (Lipinski definition) is 3. The Morgan fingerprint density at radius 1 is 1.22 bits per heavy atom. The molecule has 126 valence electrons. The number of hydrogen-bond acceptors (Lipinski definition) is 3. The highest BCUT2D eigenvalue weighted by atomic mass is 16.3. The first-order valence-electron chi connectivity index (χ1n) is 9.29. The minimum absolute atomic E-state index is 0.122. The minimum atomic E-state index is -0.554. The molecule has 6 rings (SSSR count). The zero-order valence-electron chi connectivity index (χ0n) is 13.8. The summed E-state index contributed by atoms with van der Waals surface area (Å²) >= 11 is 0. The van der Waals surface area contributed by atoms with E-state index in [0.717, 1.165) is 44.9 Å². The molecular formula is C18H27N3O2. The molecule has 5 aliphatic carbocycles. The highest BCUT2D eigenvalue weighted by Gasteiger charge is 2.63. The van der Waals surface area contributed by atoms with Gasteiger partial charge in [-0.2, -0.15) is 0 Å². The molecule has 1 amide bonds. The predicted molar refractivity (Wildman–Crippen MR) is 86.0 cm³/mol. The largest absolute Gasteiger partial charge is 0.390 e. The van der Waals surface area contributed by atoms with Crippen molar-refractivity contribution in [1.29, 1.82) is 5.41 Å². The SMILES string of the molecule is C[C@@H]1C(=N)N[C@@H](C23CC4CC(CC(O)(C4)C2)C3)C(=O)N1C1CC1. The Hall–Kier alpha value is -1.10. The molecular weight excluding hydrogens is 290 g/mol. The van der Waals surface area contributed by atoms with Gasteiger partial charge in [-0.1, -0.05) is 0 Å². The maximum atomic E-state index is 13.3. The van der Waals surface area contributed by atoms with Gasteiger partial charge in [0.25, 0.3) is 0 Å². The van der Waals surface area contributed by atoms with Crippen molar-refractivity contribution in [1.82, 2.24) is 10.2 Å². The van der Waals surface area contributed by atoms with E-state index in [4.69, 9.17) is 5.41 Å². The Morgan fingerprint density at radius 2 is 1.87 bits per heavy atom. The monoisotopic (exact) mass is 317 g/mol. The van der Waals surface area contributed by atoms with Crippen molar-refractivity contribution in [3.8, 4) is 0 Å². The smallest absolute Gasteiger partial charge is 0.246 e. The first kappa shape index (κ1) is 14.3. The molecule has 0 aromatic rings. The quantitative estimate of drug-likeness (QED) is 0.725. The van der Waals surface area contributed by atoms with E-state index in [1.165, 1.54) is 6.42 Å². The maximum absolute atomic E-state index is 13.3. The topological polar surface area (TPSA) is 76.4 Å². The van der Waals surface area contributed by atoms with Gasteiger partial charge in [-0.3, -0.25) is 10.2 Å². The molecule has 5 heteroatoms. The summed E-state index contributed by atoms with van der Waals surface area (Å²) in [7, 11) is 0. The Morgan fingerprint density at radius 3 is 2.43 bits per heavy atom. The molecule has 1 heterocycles. The number of piperazine rings is 1. The van der Waals surface area contributed by atoms with Crippen LogP contribution in [-0.2, 0) is 4.79 Å². The lowest BCUT2D eigenvalue weighted by atomic mass is 9.46. The van der Waals surface area contributed by atoms with Gasteiger partial charge in [0.15, 0.2) is 0 Å². The summed E-state index contributed by atoms with van der Waals surface area (Å²) < 4.78 is 0. The molecule has 0 aromatic carbocycles. The number of nitrogens with zero attached hydrogens (tertiary/aromatic N) is 1. The molecule has 23 heavy (non-hydrogen) atoms. The number of nitrogens with one attached hydrogen (secondary N) is 2. The number of carbonyl (C=O) groups is 1. The summed E-state index contributed by atoms with van der Waals surface area (Å²) in [5.41, 5.74) is -0.683. The molecule has 6 aliphatic rings. The van der Waals surface area contributed by atoms with Crippen LogP contribution in [0.5, 0.6) is 0 Å². The summed E-state index contributed by atoms with van der Waals surface area (Å²) in [4.78, 5) is 15.2. The molecule has 4 bridgehead atoms. The lowest BCUT2D eigenvalue weighted by Crippen LogP contribution is -2.71. The average Bonchev–Trinajstić information content (AvgIpc) is 3.25. The third-order valence-corrected chi connectivity index (χ3v) is 7.26. The average molecular weight is 317 g/mol. The summed E-state index contributed by atoms with van der Waals surface area (Å²) in [6.07, 6.45) is 8.09. The van der Waals surface area contributed by atoms with E-state index in [2.05, 4.69) is 5.32 Å². The van der Waals surface area contributed by atoms with Gasteiger partial charge in [-0.15, -0.1) is 0 Å². The molecule has 2 unspecified atom stereocenters. The summed E-state index contributed by atoms with van der Waals surface area (Å²) in [6, 6.07) is -0.0630. The Bertz CT molecular complexity index is 571. The van der Waals surface area contributed by atoms with Crippen molar-refractivity contribution in [2.75, 3.05) is 0 Å². The van der Waals surface area contributed by atoms with Crippen LogP contribution in [0.15, 0.2) is 0 Å². The van der Waals surface area contributed by atoms with Crippen molar-refractivity contribution in [2.24, 2.45) is 17.3 Å². The van der Waals surface area contributed by atoms with Crippen molar-refractivity contribution < 1.29 is 9.90 Å². The second kappa shape index (κ2) is 4.29. The van der Waals surface area contributed by atoms with Crippen LogP contribution in [0.2, 0.25) is 0 Å². The highest BCUT2D eigenvalue weighted by Crippen LogP contribution is 2.63. The lowest BCUT2D eigenvalue weighted by Gasteiger charge is -2.63. The molecule has 6 fully saturated rings. The van der Waals surface area contributed by atoms with Crippen LogP contribution in [0, 0.1) is 22.7 Å². The minimum Gasteiger partial charge on any atom is -0.390 e. The molecule has 4 atom stereocenters. The number of amidine groups is 1. The van der Waals surface area contributed by atoms with Gasteiger partial charge in [0.1, 0.15) is 11.9 Å². The zero-order chi connectivity index (χ0) is 16.0. The number of amides is 1. The molecule has 0 spiro atoms. The molecule has 5 nitrogen and oxygen atoms in total. The maximum Gasteiger partial charge on any atom is 0.246 e. The fourth-order valence-corrected chi connectivity index (χ4v) is 6.70. The van der Waals surface area contributed by atoms with Gasteiger partial charge in [0, 0.05) is 11.5 Å². The van der Waals surface area contributed by atoms with E-state index < -0.39 is 5.60 Å². The highest BCUT2D eigenvalue weighted by molar-refractivity contribution is 5.99. The first-order valence-corrected chi connectivity index (χ1v) is 9.29. The fourth-order valence-electron chi connectivity index (χ4n) is 6.70. The van der Waals surface area contributed by atoms with E-state index in [9.17, 15) is 9.90 Å². The Kier molecular flexibility index (Phi) is 2.66. The molecule has 3 N–H and O–H groups in total. The number of aliphatic hydroxyl groups is 1. The van der Waals surface area contributed by atoms with Gasteiger partial charge in [0.2, 0.25) is 5.91 Å². The van der Waals surface area contributed by atoms with E-state index in [0.29, 0.717) is 23.7 Å². The standard InChI is InChI=1S/C18H27N3O2/c1-10-15(19)20-14(16(22)21(10)13-2-3-13)17-5-11-4-12(6-17)8-18(23,7-11)9-17/h10-14,23H,2-9H2,1H3,(H2,19,20)/t10-,11?,12?,14-,17?,18?/m1/s1. The van der Waals surface area contributed by atoms with Gasteiger partial charge >= 0.3 is 0 Å². The van der Waals surface area contributed by atoms with Gasteiger partial charge in [-0.25, -0.2) is 0 Å². The fraction of sp³-hybridized carbons (Fsp3) is 0.889. The molecule has 0 aromatic heterocycles. The van der Waals surface area contributed by atoms with E-state index >= 15 is 0 Å². The second-order valence-corrected chi connectivity index (χ2v) is 9.19. The van der Waals surface area contributed by atoms with Crippen LogP contribution in [0.3, 0.4) is 0 Å². The van der Waals surface area contributed by atoms with Crippen LogP contribution in [0.4, 0.5) is 0 Å². The van der Waals surface area contributed by atoms with Crippen LogP contribution in [0.25, 0.3) is 0 Å². The zero-order valence-corrected chi connectivity index (χ0v) is 13.8. The molecule has 0 radical (unpaired) electrons. The second-order valence-electron chi connectivity index (χ2n) is 9.19. The summed E-state index contributed by atoms with van der Waals surface area (Å²) in [5.74, 6) is 1.82. The van der Waals surface area contributed by atoms with E-state index in [1.807, 2.05) is 11.8 Å². The van der Waals surface area contributed by atoms with Crippen LogP contribution in [-0.4, -0.2) is 45.5 Å². The summed E-state index contributed by atoms with van der Waals surface area (Å²) in [5, 5.41) is 22.6. The molecule has 1 aliphatic heterocycles. The van der Waals surface area contributed by atoms with E-state index in [-0.39, 0.29) is 23.4 Å². The first-order chi connectivity index (χ1) is 10.9. The van der Waals surface area contributed by atoms with Gasteiger partial charge in [0.05, 0.1) is 11.6 Å². The van der Waals surface area contributed by atoms with Crippen LogP contribution < -0.4 is 5.32 Å². The lowest BCUT2D eigenvalue weighted by molar-refractivity contribution is -0.181.